The van der Waals surface area contributed by atoms with E-state index in [0.29, 0.717) is 28.0 Å². The maximum atomic E-state index is 12.0. The van der Waals surface area contributed by atoms with E-state index in [0.717, 1.165) is 0 Å². The van der Waals surface area contributed by atoms with Crippen LogP contribution in [0.15, 0.2) is 53.3 Å². The fourth-order valence-electron chi connectivity index (χ4n) is 2.52. The van der Waals surface area contributed by atoms with Crippen LogP contribution in [-0.4, -0.2) is 30.2 Å². The molecular weight excluding hydrogens is 348 g/mol. The molecule has 3 aromatic rings. The average Bonchev–Trinajstić information content (AvgIpc) is 2.70. The maximum Gasteiger partial charge on any atom is 0.331 e. The number of para-hydroxylation sites is 1. The minimum atomic E-state index is -0.573. The molecule has 7 nitrogen and oxygen atoms in total. The number of nitrogens with zero attached hydrogens (tertiary/aromatic N) is 1. The van der Waals surface area contributed by atoms with E-state index in [1.54, 1.807) is 62.8 Å². The molecule has 3 rings (SSSR count). The van der Waals surface area contributed by atoms with Gasteiger partial charge in [0, 0.05) is 11.6 Å². The first-order valence-corrected chi connectivity index (χ1v) is 8.15. The molecular formula is C20H18N2O5. The summed E-state index contributed by atoms with van der Waals surface area (Å²) in [6.45, 7) is -0.140. The van der Waals surface area contributed by atoms with Crippen LogP contribution < -0.4 is 15.0 Å². The van der Waals surface area contributed by atoms with Gasteiger partial charge in [-0.2, -0.15) is 0 Å². The smallest absolute Gasteiger partial charge is 0.331 e. The third-order valence-corrected chi connectivity index (χ3v) is 3.85. The van der Waals surface area contributed by atoms with Crippen LogP contribution in [0.3, 0.4) is 0 Å². The summed E-state index contributed by atoms with van der Waals surface area (Å²) in [5.74, 6) is 0.942. The lowest BCUT2D eigenvalue weighted by atomic mass is 10.1. The predicted molar refractivity (Wildman–Crippen MR) is 101 cm³/mol. The maximum absolute atomic E-state index is 12.0. The molecule has 0 atom stereocenters. The first-order chi connectivity index (χ1) is 13.1. The van der Waals surface area contributed by atoms with Crippen molar-refractivity contribution in [2.24, 2.45) is 0 Å². The van der Waals surface area contributed by atoms with Crippen LogP contribution in [0.5, 0.6) is 11.5 Å². The molecule has 0 bridgehead atoms. The Morgan fingerprint density at radius 1 is 1.15 bits per heavy atom. The van der Waals surface area contributed by atoms with Gasteiger partial charge in [0.05, 0.1) is 25.1 Å². The fourth-order valence-corrected chi connectivity index (χ4v) is 2.52. The van der Waals surface area contributed by atoms with Gasteiger partial charge in [-0.25, -0.2) is 9.78 Å². The van der Waals surface area contributed by atoms with Crippen LogP contribution in [0.1, 0.15) is 11.4 Å². The van der Waals surface area contributed by atoms with Gasteiger partial charge in [-0.3, -0.25) is 4.79 Å². The van der Waals surface area contributed by atoms with Gasteiger partial charge in [-0.05, 0) is 36.4 Å². The zero-order valence-electron chi connectivity index (χ0n) is 14.9. The van der Waals surface area contributed by atoms with Gasteiger partial charge >= 0.3 is 5.97 Å². The van der Waals surface area contributed by atoms with Crippen molar-refractivity contribution in [2.45, 2.75) is 6.61 Å². The van der Waals surface area contributed by atoms with Crippen LogP contribution in [0, 0.1) is 0 Å². The molecule has 0 aliphatic carbocycles. The molecule has 0 saturated carbocycles. The highest BCUT2D eigenvalue weighted by Gasteiger charge is 2.07. The van der Waals surface area contributed by atoms with Crippen molar-refractivity contribution < 1.29 is 19.0 Å². The number of rotatable bonds is 6. The first-order valence-electron chi connectivity index (χ1n) is 8.15. The van der Waals surface area contributed by atoms with Crippen LogP contribution in [-0.2, 0) is 16.1 Å². The Kier molecular flexibility index (Phi) is 5.51. The Labute approximate surface area is 155 Å². The number of esters is 1. The van der Waals surface area contributed by atoms with Crippen molar-refractivity contribution in [1.82, 2.24) is 9.97 Å². The van der Waals surface area contributed by atoms with E-state index in [9.17, 15) is 9.59 Å². The summed E-state index contributed by atoms with van der Waals surface area (Å²) in [5.41, 5.74) is 0.943. The van der Waals surface area contributed by atoms with Crippen molar-refractivity contribution in [1.29, 1.82) is 0 Å². The molecule has 0 saturated heterocycles. The highest BCUT2D eigenvalue weighted by molar-refractivity contribution is 5.87. The van der Waals surface area contributed by atoms with E-state index in [1.807, 2.05) is 0 Å². The summed E-state index contributed by atoms with van der Waals surface area (Å²) in [5, 5.41) is 0.484. The number of nitrogens with one attached hydrogen (secondary N) is 1. The molecule has 0 amide bonds. The number of benzene rings is 2. The molecule has 138 valence electrons. The molecule has 27 heavy (non-hydrogen) atoms. The zero-order chi connectivity index (χ0) is 19.2. The largest absolute Gasteiger partial charge is 0.497 e. The van der Waals surface area contributed by atoms with E-state index in [1.165, 1.54) is 6.08 Å². The number of hydrogen-bond acceptors (Lipinski definition) is 6. The van der Waals surface area contributed by atoms with Crippen LogP contribution in [0.2, 0.25) is 0 Å². The van der Waals surface area contributed by atoms with Crippen molar-refractivity contribution in [3.63, 3.8) is 0 Å². The molecule has 0 spiro atoms. The number of carbonyl (C=O) groups is 1. The highest BCUT2D eigenvalue weighted by atomic mass is 16.5. The van der Waals surface area contributed by atoms with E-state index in [2.05, 4.69) is 9.97 Å². The third-order valence-electron chi connectivity index (χ3n) is 3.85. The third kappa shape index (κ3) is 4.33. The van der Waals surface area contributed by atoms with E-state index in [4.69, 9.17) is 14.2 Å². The van der Waals surface area contributed by atoms with Crippen molar-refractivity contribution in [3.8, 4) is 11.5 Å². The number of aromatic amines is 1. The number of fused-ring (bicyclic) bond motifs is 1. The van der Waals surface area contributed by atoms with Crippen molar-refractivity contribution >= 4 is 22.9 Å². The number of ether oxygens (including phenoxy) is 3. The molecule has 0 aliphatic rings. The predicted octanol–water partition coefficient (Wildman–Crippen LogP) is 2.70. The van der Waals surface area contributed by atoms with E-state index in [-0.39, 0.29) is 18.0 Å². The Morgan fingerprint density at radius 3 is 2.74 bits per heavy atom. The van der Waals surface area contributed by atoms with Gasteiger partial charge in [-0.1, -0.05) is 12.1 Å². The van der Waals surface area contributed by atoms with E-state index >= 15 is 0 Å². The molecule has 7 heteroatoms. The zero-order valence-corrected chi connectivity index (χ0v) is 14.9. The number of aromatic nitrogens is 2. The molecule has 2 aromatic carbocycles. The summed E-state index contributed by atoms with van der Waals surface area (Å²) in [7, 11) is 3.10. The Balaban J connectivity index is 1.70. The fraction of sp³-hybridized carbons (Fsp3) is 0.150. The SMILES string of the molecule is COc1ccc(OC)c(/C=C/C(=O)OCc2nc3ccccc3c(=O)[nH]2)c1. The Morgan fingerprint density at radius 2 is 1.96 bits per heavy atom. The van der Waals surface area contributed by atoms with Gasteiger partial charge in [0.2, 0.25) is 0 Å². The van der Waals surface area contributed by atoms with Gasteiger partial charge < -0.3 is 19.2 Å². The first kappa shape index (κ1) is 18.2. The minimum Gasteiger partial charge on any atom is -0.497 e. The van der Waals surface area contributed by atoms with Crippen molar-refractivity contribution in [2.75, 3.05) is 14.2 Å². The highest BCUT2D eigenvalue weighted by Crippen LogP contribution is 2.25. The van der Waals surface area contributed by atoms with Gasteiger partial charge in [-0.15, -0.1) is 0 Å². The molecule has 1 N–H and O–H groups in total. The lowest BCUT2D eigenvalue weighted by Gasteiger charge is -2.07. The summed E-state index contributed by atoms with van der Waals surface area (Å²) in [6.07, 6.45) is 2.84. The van der Waals surface area contributed by atoms with Crippen LogP contribution in [0.4, 0.5) is 0 Å². The summed E-state index contributed by atoms with van der Waals surface area (Å²) in [4.78, 5) is 30.9. The quantitative estimate of drug-likeness (QED) is 0.533. The summed E-state index contributed by atoms with van der Waals surface area (Å²) >= 11 is 0. The van der Waals surface area contributed by atoms with Crippen molar-refractivity contribution in [3.05, 3.63) is 70.3 Å². The standard InChI is InChI=1S/C20H18N2O5/c1-25-14-8-9-17(26-2)13(11-14)7-10-19(23)27-12-18-21-16-6-4-3-5-15(16)20(24)22-18/h3-11H,12H2,1-2H3,(H,21,22,24)/b10-7+. The number of H-pyrrole nitrogens is 1. The second-order valence-corrected chi connectivity index (χ2v) is 5.58. The topological polar surface area (TPSA) is 90.5 Å². The molecule has 0 aliphatic heterocycles. The average molecular weight is 366 g/mol. The van der Waals surface area contributed by atoms with Crippen LogP contribution in [0.25, 0.3) is 17.0 Å². The van der Waals surface area contributed by atoms with Crippen LogP contribution >= 0.6 is 0 Å². The molecule has 0 fully saturated rings. The lowest BCUT2D eigenvalue weighted by molar-refractivity contribution is -0.139. The number of hydrogen-bond donors (Lipinski definition) is 1. The normalized spacial score (nSPS) is 10.9. The summed E-state index contributed by atoms with van der Waals surface area (Å²) in [6, 6.07) is 12.2. The minimum absolute atomic E-state index is 0.140. The Hall–Kier alpha value is -3.61. The Bertz CT molecular complexity index is 1060. The number of methoxy groups -OCH3 is 2. The lowest BCUT2D eigenvalue weighted by Crippen LogP contribution is -2.13. The van der Waals surface area contributed by atoms with Gasteiger partial charge in [0.1, 0.15) is 23.9 Å². The second kappa shape index (κ2) is 8.18. The number of carbonyl (C=O) groups excluding carboxylic acids is 1. The van der Waals surface area contributed by atoms with E-state index < -0.39 is 5.97 Å². The molecule has 1 aromatic heterocycles. The van der Waals surface area contributed by atoms with Gasteiger partial charge in [0.25, 0.3) is 5.56 Å². The molecule has 0 radical (unpaired) electrons. The second-order valence-electron chi connectivity index (χ2n) is 5.58. The molecule has 0 unspecified atom stereocenters. The molecule has 1 heterocycles. The van der Waals surface area contributed by atoms with Gasteiger partial charge in [0.15, 0.2) is 0 Å². The monoisotopic (exact) mass is 366 g/mol. The summed E-state index contributed by atoms with van der Waals surface area (Å²) < 4.78 is 15.6.